The number of amides is 1. The lowest BCUT2D eigenvalue weighted by Crippen LogP contribution is -2.26. The van der Waals surface area contributed by atoms with E-state index in [1.807, 2.05) is 0 Å². The van der Waals surface area contributed by atoms with E-state index < -0.39 is 5.97 Å². The van der Waals surface area contributed by atoms with E-state index in [9.17, 15) is 9.59 Å². The van der Waals surface area contributed by atoms with Crippen molar-refractivity contribution in [2.24, 2.45) is 5.92 Å². The number of carboxylic acid groups (broad SMARTS) is 1. The summed E-state index contributed by atoms with van der Waals surface area (Å²) in [7, 11) is 0. The number of hydrogen-bond acceptors (Lipinski definition) is 3. The van der Waals surface area contributed by atoms with E-state index in [2.05, 4.69) is 12.6 Å². The number of carbonyl (C=O) groups excluding carboxylic acids is 1. The van der Waals surface area contributed by atoms with Gasteiger partial charge in [0.2, 0.25) is 5.91 Å². The zero-order chi connectivity index (χ0) is 13.3. The predicted molar refractivity (Wildman–Crippen MR) is 72.7 cm³/mol. The number of nitrogens with zero attached hydrogens (tertiary/aromatic N) is 1. The van der Waals surface area contributed by atoms with Crippen LogP contribution in [0.15, 0.2) is 18.2 Å². The van der Waals surface area contributed by atoms with Gasteiger partial charge in [0.05, 0.1) is 11.3 Å². The molecule has 0 aliphatic carbocycles. The van der Waals surface area contributed by atoms with Crippen molar-refractivity contribution in [1.82, 2.24) is 0 Å². The fourth-order valence-electron chi connectivity index (χ4n) is 2.05. The fraction of sp³-hybridized carbons (Fsp3) is 0.333. The Labute approximate surface area is 115 Å². The van der Waals surface area contributed by atoms with Crippen LogP contribution in [0, 0.1) is 5.92 Å². The zero-order valence-electron chi connectivity index (χ0n) is 9.47. The largest absolute Gasteiger partial charge is 0.478 e. The quantitative estimate of drug-likeness (QED) is 0.838. The van der Waals surface area contributed by atoms with Crippen molar-refractivity contribution in [3.05, 3.63) is 28.8 Å². The standard InChI is InChI=1S/C12H12ClNO3S/c13-8-1-2-10(9(4-8)12(16)17)14-5-7(6-18)3-11(14)15/h1-2,4,7,18H,3,5-6H2,(H,16,17). The molecule has 1 aromatic rings. The van der Waals surface area contributed by atoms with Gasteiger partial charge in [-0.1, -0.05) is 11.6 Å². The third kappa shape index (κ3) is 2.47. The summed E-state index contributed by atoms with van der Waals surface area (Å²) >= 11 is 9.96. The Balaban J connectivity index is 2.39. The summed E-state index contributed by atoms with van der Waals surface area (Å²) in [5.41, 5.74) is 0.455. The topological polar surface area (TPSA) is 57.6 Å². The molecule has 0 saturated carbocycles. The van der Waals surface area contributed by atoms with Crippen LogP contribution in [0.5, 0.6) is 0 Å². The van der Waals surface area contributed by atoms with Crippen molar-refractivity contribution in [2.45, 2.75) is 6.42 Å². The molecule has 1 unspecified atom stereocenters. The maximum atomic E-state index is 11.9. The van der Waals surface area contributed by atoms with E-state index in [0.717, 1.165) is 0 Å². The first kappa shape index (κ1) is 13.2. The Kier molecular flexibility index (Phi) is 3.82. The first-order chi connectivity index (χ1) is 8.52. The van der Waals surface area contributed by atoms with E-state index in [0.29, 0.717) is 29.4 Å². The number of rotatable bonds is 3. The highest BCUT2D eigenvalue weighted by Gasteiger charge is 2.31. The van der Waals surface area contributed by atoms with Gasteiger partial charge in [-0.15, -0.1) is 0 Å². The normalized spacial score (nSPS) is 19.3. The van der Waals surface area contributed by atoms with E-state index in [-0.39, 0.29) is 17.4 Å². The minimum Gasteiger partial charge on any atom is -0.478 e. The van der Waals surface area contributed by atoms with Crippen LogP contribution >= 0.6 is 24.2 Å². The van der Waals surface area contributed by atoms with Gasteiger partial charge in [-0.25, -0.2) is 4.79 Å². The molecular weight excluding hydrogens is 274 g/mol. The molecule has 1 fully saturated rings. The number of carbonyl (C=O) groups is 2. The molecule has 1 atom stereocenters. The highest BCUT2D eigenvalue weighted by Crippen LogP contribution is 2.30. The summed E-state index contributed by atoms with van der Waals surface area (Å²) in [6, 6.07) is 4.52. The van der Waals surface area contributed by atoms with Crippen molar-refractivity contribution >= 4 is 41.8 Å². The van der Waals surface area contributed by atoms with Gasteiger partial charge in [0.1, 0.15) is 0 Å². The van der Waals surface area contributed by atoms with Crippen LogP contribution in [0.2, 0.25) is 5.02 Å². The van der Waals surface area contributed by atoms with Crippen molar-refractivity contribution in [2.75, 3.05) is 17.2 Å². The summed E-state index contributed by atoms with van der Waals surface area (Å²) in [5, 5.41) is 9.49. The van der Waals surface area contributed by atoms with E-state index in [1.54, 1.807) is 12.1 Å². The molecule has 96 valence electrons. The lowest BCUT2D eigenvalue weighted by atomic mass is 10.1. The molecule has 18 heavy (non-hydrogen) atoms. The van der Waals surface area contributed by atoms with E-state index in [1.165, 1.54) is 11.0 Å². The maximum Gasteiger partial charge on any atom is 0.337 e. The summed E-state index contributed by atoms with van der Waals surface area (Å²) in [6.45, 7) is 0.504. The molecule has 1 N–H and O–H groups in total. The Bertz CT molecular complexity index is 506. The molecular formula is C12H12ClNO3S. The van der Waals surface area contributed by atoms with Gasteiger partial charge in [-0.3, -0.25) is 4.79 Å². The molecule has 6 heteroatoms. The molecule has 0 aromatic heterocycles. The Morgan fingerprint density at radius 2 is 2.28 bits per heavy atom. The van der Waals surface area contributed by atoms with E-state index >= 15 is 0 Å². The highest BCUT2D eigenvalue weighted by molar-refractivity contribution is 7.80. The van der Waals surface area contributed by atoms with Crippen LogP contribution < -0.4 is 4.90 Å². The van der Waals surface area contributed by atoms with Gasteiger partial charge in [0, 0.05) is 18.0 Å². The molecule has 0 spiro atoms. The third-order valence-electron chi connectivity index (χ3n) is 2.94. The van der Waals surface area contributed by atoms with Crippen LogP contribution in [0.1, 0.15) is 16.8 Å². The second-order valence-corrected chi connectivity index (χ2v) is 5.03. The molecule has 1 aromatic carbocycles. The average molecular weight is 286 g/mol. The third-order valence-corrected chi connectivity index (χ3v) is 3.69. The number of hydrogen-bond donors (Lipinski definition) is 2. The summed E-state index contributed by atoms with van der Waals surface area (Å²) in [6.07, 6.45) is 0.408. The number of anilines is 1. The Morgan fingerprint density at radius 3 is 2.83 bits per heavy atom. The van der Waals surface area contributed by atoms with Crippen LogP contribution in [-0.2, 0) is 4.79 Å². The van der Waals surface area contributed by atoms with Gasteiger partial charge >= 0.3 is 5.97 Å². The first-order valence-corrected chi connectivity index (χ1v) is 6.48. The smallest absolute Gasteiger partial charge is 0.337 e. The highest BCUT2D eigenvalue weighted by atomic mass is 35.5. The number of thiol groups is 1. The number of halogens is 1. The van der Waals surface area contributed by atoms with Gasteiger partial charge < -0.3 is 10.0 Å². The van der Waals surface area contributed by atoms with Gasteiger partial charge in [0.15, 0.2) is 0 Å². The second-order valence-electron chi connectivity index (χ2n) is 4.22. The average Bonchev–Trinajstić information content (AvgIpc) is 2.70. The minimum absolute atomic E-state index is 0.0515. The first-order valence-electron chi connectivity index (χ1n) is 5.47. The molecule has 1 aliphatic heterocycles. The van der Waals surface area contributed by atoms with Crippen molar-refractivity contribution < 1.29 is 14.7 Å². The van der Waals surface area contributed by atoms with E-state index in [4.69, 9.17) is 16.7 Å². The molecule has 1 aliphatic rings. The SMILES string of the molecule is O=C(O)c1cc(Cl)ccc1N1CC(CS)CC1=O. The molecule has 1 amide bonds. The van der Waals surface area contributed by atoms with Crippen LogP contribution in [0.4, 0.5) is 5.69 Å². The lowest BCUT2D eigenvalue weighted by Gasteiger charge is -2.18. The fourth-order valence-corrected chi connectivity index (χ4v) is 2.47. The van der Waals surface area contributed by atoms with Crippen molar-refractivity contribution in [1.29, 1.82) is 0 Å². The number of carboxylic acids is 1. The zero-order valence-corrected chi connectivity index (χ0v) is 11.1. The van der Waals surface area contributed by atoms with Crippen LogP contribution in [-0.4, -0.2) is 29.3 Å². The van der Waals surface area contributed by atoms with Gasteiger partial charge in [-0.05, 0) is 29.9 Å². The van der Waals surface area contributed by atoms with Crippen molar-refractivity contribution in [3.63, 3.8) is 0 Å². The number of benzene rings is 1. The molecule has 0 bridgehead atoms. The van der Waals surface area contributed by atoms with Crippen LogP contribution in [0.3, 0.4) is 0 Å². The van der Waals surface area contributed by atoms with Gasteiger partial charge in [-0.2, -0.15) is 12.6 Å². The Hall–Kier alpha value is -1.20. The summed E-state index contributed by atoms with van der Waals surface area (Å²) < 4.78 is 0. The maximum absolute atomic E-state index is 11.9. The molecule has 1 heterocycles. The van der Waals surface area contributed by atoms with Gasteiger partial charge in [0.25, 0.3) is 0 Å². The number of aromatic carboxylic acids is 1. The molecule has 2 rings (SSSR count). The Morgan fingerprint density at radius 1 is 1.56 bits per heavy atom. The predicted octanol–water partition coefficient (Wildman–Crippen LogP) is 2.32. The molecule has 4 nitrogen and oxygen atoms in total. The minimum atomic E-state index is -1.09. The van der Waals surface area contributed by atoms with Crippen LogP contribution in [0.25, 0.3) is 0 Å². The molecule has 1 saturated heterocycles. The second kappa shape index (κ2) is 5.20. The summed E-state index contributed by atoms with van der Waals surface area (Å²) in [4.78, 5) is 24.5. The lowest BCUT2D eigenvalue weighted by molar-refractivity contribution is -0.117. The monoisotopic (exact) mass is 285 g/mol. The summed E-state index contributed by atoms with van der Waals surface area (Å²) in [5.74, 6) is -0.384. The van der Waals surface area contributed by atoms with Crippen molar-refractivity contribution in [3.8, 4) is 0 Å². The molecule has 0 radical (unpaired) electrons.